The molecule has 12 nitrogen and oxygen atoms in total. The van der Waals surface area contributed by atoms with Gasteiger partial charge in [-0.05, 0) is 42.5 Å². The smallest absolute Gasteiger partial charge is 0.336 e. The zero-order chi connectivity index (χ0) is 38.3. The molecule has 1 aliphatic carbocycles. The number of nitrogens with zero attached hydrogens (tertiary/aromatic N) is 2. The summed E-state index contributed by atoms with van der Waals surface area (Å²) in [5.74, 6) is -3.85. The van der Waals surface area contributed by atoms with E-state index in [1.165, 1.54) is 21.3 Å². The van der Waals surface area contributed by atoms with Gasteiger partial charge in [-0.15, -0.1) is 0 Å². The van der Waals surface area contributed by atoms with Crippen molar-refractivity contribution in [3.63, 3.8) is 0 Å². The monoisotopic (exact) mass is 787 g/mol. The quantitative estimate of drug-likeness (QED) is 0.232. The predicted octanol–water partition coefficient (Wildman–Crippen LogP) is 4.92. The van der Waals surface area contributed by atoms with E-state index in [-0.39, 0.29) is 94.0 Å². The molecule has 1 saturated heterocycles. The zero-order valence-electron chi connectivity index (χ0n) is 29.9. The fourth-order valence-corrected chi connectivity index (χ4v) is 9.18. The number of piperazine rings is 1. The summed E-state index contributed by atoms with van der Waals surface area (Å²) < 4.78 is 29.0. The molecule has 15 heteroatoms. The topological polar surface area (TPSA) is 149 Å². The van der Waals surface area contributed by atoms with E-state index in [0.717, 1.165) is 25.7 Å². The average molecular weight is 789 g/mol. The van der Waals surface area contributed by atoms with E-state index in [4.69, 9.17) is 37.4 Å². The largest absolute Gasteiger partial charge is 0.469 e. The third-order valence-electron chi connectivity index (χ3n) is 10.2. The molecule has 2 amide bonds. The first-order chi connectivity index (χ1) is 25.4. The Morgan fingerprint density at radius 2 is 1.30 bits per heavy atom. The third-order valence-corrected chi connectivity index (χ3v) is 12.2. The molecule has 0 bridgehead atoms. The van der Waals surface area contributed by atoms with Crippen molar-refractivity contribution < 1.29 is 42.4 Å². The Labute approximate surface area is 321 Å². The maximum atomic E-state index is 14.0. The van der Waals surface area contributed by atoms with Crippen LogP contribution < -0.4 is 5.32 Å². The third kappa shape index (κ3) is 9.13. The van der Waals surface area contributed by atoms with Crippen molar-refractivity contribution in [3.8, 4) is 0 Å². The molecule has 1 saturated carbocycles. The number of carbonyl (C=O) groups is 5. The van der Waals surface area contributed by atoms with Gasteiger partial charge in [-0.25, -0.2) is 9.59 Å². The summed E-state index contributed by atoms with van der Waals surface area (Å²) in [6.45, 7) is 1.06. The molecule has 2 aromatic carbocycles. The highest BCUT2D eigenvalue weighted by atomic mass is 35.5. The van der Waals surface area contributed by atoms with Gasteiger partial charge in [0.1, 0.15) is 0 Å². The number of ether oxygens (including phenoxy) is 3. The number of dihydropyridines is 1. The second-order valence-corrected chi connectivity index (χ2v) is 15.6. The van der Waals surface area contributed by atoms with Gasteiger partial charge >= 0.3 is 17.9 Å². The molecule has 2 aliphatic heterocycles. The Morgan fingerprint density at radius 1 is 0.755 bits per heavy atom. The lowest BCUT2D eigenvalue weighted by molar-refractivity contribution is -0.146. The van der Waals surface area contributed by atoms with E-state index >= 15 is 0 Å². The lowest BCUT2D eigenvalue weighted by Gasteiger charge is -2.38. The standard InChI is InChI=1S/C38H43Cl2N3O9S/c1-50-31(46)22-38(14-7-8-15-38)21-30(45)43-18-16-42(17-19-43)29(44)20-27-33(36(47)51-2)35(32-25(39)12-9-13-26(32)40)34(37(48)52-3)28(41-27)23-53(49)24-10-5-4-6-11-24/h4-6,9-13,35,41H,7-8,14-23H2,1-3H3/t35-,53-/m0/s1. The molecular weight excluding hydrogens is 745 g/mol. The van der Waals surface area contributed by atoms with Gasteiger partial charge in [0.05, 0.1) is 67.8 Å². The highest BCUT2D eigenvalue weighted by Crippen LogP contribution is 2.46. The van der Waals surface area contributed by atoms with E-state index < -0.39 is 34.1 Å². The van der Waals surface area contributed by atoms with E-state index in [1.807, 2.05) is 0 Å². The number of hydrogen-bond donors (Lipinski definition) is 1. The van der Waals surface area contributed by atoms with Crippen LogP contribution in [0.2, 0.25) is 10.0 Å². The Hall–Kier alpha value is -4.20. The second kappa shape index (κ2) is 17.7. The van der Waals surface area contributed by atoms with Crippen LogP contribution in [-0.4, -0.2) is 97.0 Å². The van der Waals surface area contributed by atoms with Gasteiger partial charge in [-0.2, -0.15) is 0 Å². The number of benzene rings is 2. The Kier molecular flexibility index (Phi) is 13.4. The summed E-state index contributed by atoms with van der Waals surface area (Å²) in [4.78, 5) is 70.7. The van der Waals surface area contributed by atoms with Crippen LogP contribution in [-0.2, 0) is 49.0 Å². The Balaban J connectivity index is 1.44. The Bertz CT molecular complexity index is 1810. The molecule has 2 heterocycles. The maximum absolute atomic E-state index is 14.0. The summed E-state index contributed by atoms with van der Waals surface area (Å²) in [6.07, 6.45) is 3.58. The highest BCUT2D eigenvalue weighted by molar-refractivity contribution is 7.85. The SMILES string of the molecule is COC(=O)CC1(CC(=O)N2CCN(C(=O)CC3=C(C(=O)OC)[C@H](c4c(Cl)cccc4Cl)C(C(=O)OC)=C(C[S@](=O)c4ccccc4)N3)CC2)CCCC1. The van der Waals surface area contributed by atoms with Gasteiger partial charge in [0, 0.05) is 64.5 Å². The number of rotatable bonds is 12. The summed E-state index contributed by atoms with van der Waals surface area (Å²) in [5, 5.41) is 3.41. The fraction of sp³-hybridized carbons (Fsp3) is 0.447. The second-order valence-electron chi connectivity index (χ2n) is 13.3. The average Bonchev–Trinajstić information content (AvgIpc) is 3.61. The van der Waals surface area contributed by atoms with E-state index in [1.54, 1.807) is 58.3 Å². The minimum Gasteiger partial charge on any atom is -0.469 e. The fourth-order valence-electron chi connectivity index (χ4n) is 7.45. The highest BCUT2D eigenvalue weighted by Gasteiger charge is 2.43. The molecule has 2 atom stereocenters. The molecule has 2 fully saturated rings. The van der Waals surface area contributed by atoms with Gasteiger partial charge in [0.25, 0.3) is 0 Å². The van der Waals surface area contributed by atoms with E-state index in [2.05, 4.69) is 5.32 Å². The molecule has 3 aliphatic rings. The van der Waals surface area contributed by atoms with Crippen LogP contribution in [0.1, 0.15) is 56.4 Å². The van der Waals surface area contributed by atoms with Crippen molar-refractivity contribution in [2.24, 2.45) is 5.41 Å². The van der Waals surface area contributed by atoms with Gasteiger partial charge in [-0.1, -0.05) is 60.3 Å². The number of esters is 3. The van der Waals surface area contributed by atoms with Gasteiger partial charge in [0.2, 0.25) is 11.8 Å². The minimum atomic E-state index is -1.67. The van der Waals surface area contributed by atoms with Crippen molar-refractivity contribution in [1.29, 1.82) is 0 Å². The summed E-state index contributed by atoms with van der Waals surface area (Å²) in [6, 6.07) is 13.4. The van der Waals surface area contributed by atoms with Crippen LogP contribution in [0, 0.1) is 5.41 Å². The molecule has 1 N–H and O–H groups in total. The molecular formula is C38H43Cl2N3O9S. The molecule has 0 spiro atoms. The van der Waals surface area contributed by atoms with Crippen molar-refractivity contribution in [3.05, 3.63) is 86.7 Å². The first kappa shape index (κ1) is 40.0. The molecule has 0 unspecified atom stereocenters. The lowest BCUT2D eigenvalue weighted by atomic mass is 9.79. The minimum absolute atomic E-state index is 0.0530. The van der Waals surface area contributed by atoms with E-state index in [9.17, 15) is 28.2 Å². The van der Waals surface area contributed by atoms with Crippen molar-refractivity contribution in [2.75, 3.05) is 53.3 Å². The number of nitrogens with one attached hydrogen (secondary N) is 1. The van der Waals surface area contributed by atoms with Gasteiger partial charge in [-0.3, -0.25) is 18.6 Å². The van der Waals surface area contributed by atoms with Gasteiger partial charge in [0.15, 0.2) is 0 Å². The molecule has 0 radical (unpaired) electrons. The number of carbonyl (C=O) groups excluding carboxylic acids is 5. The van der Waals surface area contributed by atoms with Crippen molar-refractivity contribution in [2.45, 2.75) is 55.8 Å². The van der Waals surface area contributed by atoms with Crippen LogP contribution >= 0.6 is 23.2 Å². The molecule has 53 heavy (non-hydrogen) atoms. The van der Waals surface area contributed by atoms with Crippen molar-refractivity contribution >= 4 is 63.7 Å². The molecule has 5 rings (SSSR count). The first-order valence-corrected chi connectivity index (χ1v) is 19.4. The summed E-state index contributed by atoms with van der Waals surface area (Å²) in [5.41, 5.74) is -0.0428. The van der Waals surface area contributed by atoms with Crippen LogP contribution in [0.5, 0.6) is 0 Å². The summed E-state index contributed by atoms with van der Waals surface area (Å²) in [7, 11) is 2.05. The molecule has 0 aromatic heterocycles. The number of halogens is 2. The number of hydrogen-bond acceptors (Lipinski definition) is 10. The van der Waals surface area contributed by atoms with Crippen LogP contribution in [0.3, 0.4) is 0 Å². The predicted molar refractivity (Wildman–Crippen MR) is 198 cm³/mol. The zero-order valence-corrected chi connectivity index (χ0v) is 32.2. The Morgan fingerprint density at radius 3 is 1.85 bits per heavy atom. The molecule has 2 aromatic rings. The molecule has 284 valence electrons. The van der Waals surface area contributed by atoms with Crippen LogP contribution in [0.25, 0.3) is 0 Å². The summed E-state index contributed by atoms with van der Waals surface area (Å²) >= 11 is 13.4. The van der Waals surface area contributed by atoms with Crippen LogP contribution in [0.4, 0.5) is 0 Å². The van der Waals surface area contributed by atoms with Gasteiger partial charge < -0.3 is 29.3 Å². The number of methoxy groups -OCH3 is 3. The normalized spacial score (nSPS) is 19.0. The van der Waals surface area contributed by atoms with Crippen molar-refractivity contribution in [1.82, 2.24) is 15.1 Å². The maximum Gasteiger partial charge on any atom is 0.336 e. The first-order valence-electron chi connectivity index (χ1n) is 17.3. The number of amides is 2. The van der Waals surface area contributed by atoms with E-state index in [0.29, 0.717) is 18.0 Å². The lowest BCUT2D eigenvalue weighted by Crippen LogP contribution is -2.51. The van der Waals surface area contributed by atoms with Crippen LogP contribution in [0.15, 0.2) is 76.0 Å².